The van der Waals surface area contributed by atoms with E-state index < -0.39 is 5.97 Å². The number of hydrogen-bond donors (Lipinski definition) is 1. The molecule has 0 aliphatic heterocycles. The first-order valence-corrected chi connectivity index (χ1v) is 7.58. The summed E-state index contributed by atoms with van der Waals surface area (Å²) in [7, 11) is 0. The number of carboxylic acid groups (broad SMARTS) is 1. The standard InChI is InChI=1S/C17H24FNO3/c1-12(2)19(10-9-16(20)21)17(22)13(3)7-8-14-5-4-6-15(18)11-14/h4-6,11-13H,7-10H2,1-3H3,(H,20,21). The number of amides is 1. The molecule has 0 spiro atoms. The van der Waals surface area contributed by atoms with Crippen molar-refractivity contribution in [1.29, 1.82) is 0 Å². The topological polar surface area (TPSA) is 57.6 Å². The highest BCUT2D eigenvalue weighted by molar-refractivity contribution is 5.79. The smallest absolute Gasteiger partial charge is 0.305 e. The van der Waals surface area contributed by atoms with Crippen LogP contribution >= 0.6 is 0 Å². The zero-order valence-electron chi connectivity index (χ0n) is 13.4. The highest BCUT2D eigenvalue weighted by Crippen LogP contribution is 2.15. The fourth-order valence-corrected chi connectivity index (χ4v) is 2.32. The maximum absolute atomic E-state index is 13.1. The lowest BCUT2D eigenvalue weighted by Gasteiger charge is -2.29. The van der Waals surface area contributed by atoms with Crippen LogP contribution in [0.15, 0.2) is 24.3 Å². The third kappa shape index (κ3) is 5.84. The van der Waals surface area contributed by atoms with E-state index in [0.29, 0.717) is 12.8 Å². The van der Waals surface area contributed by atoms with Gasteiger partial charge in [-0.25, -0.2) is 4.39 Å². The summed E-state index contributed by atoms with van der Waals surface area (Å²) in [5.74, 6) is -1.46. The number of hydrogen-bond acceptors (Lipinski definition) is 2. The quantitative estimate of drug-likeness (QED) is 0.802. The van der Waals surface area contributed by atoms with Crippen LogP contribution in [0, 0.1) is 11.7 Å². The lowest BCUT2D eigenvalue weighted by atomic mass is 9.99. The van der Waals surface area contributed by atoms with Crippen LogP contribution < -0.4 is 0 Å². The predicted molar refractivity (Wildman–Crippen MR) is 83.0 cm³/mol. The van der Waals surface area contributed by atoms with Gasteiger partial charge in [-0.1, -0.05) is 19.1 Å². The number of aryl methyl sites for hydroxylation is 1. The molecule has 1 aromatic carbocycles. The maximum Gasteiger partial charge on any atom is 0.305 e. The molecule has 4 nitrogen and oxygen atoms in total. The van der Waals surface area contributed by atoms with Crippen molar-refractivity contribution in [2.45, 2.75) is 46.1 Å². The molecule has 1 unspecified atom stereocenters. The van der Waals surface area contributed by atoms with Gasteiger partial charge in [0.05, 0.1) is 6.42 Å². The van der Waals surface area contributed by atoms with Crippen molar-refractivity contribution < 1.29 is 19.1 Å². The summed E-state index contributed by atoms with van der Waals surface area (Å²) < 4.78 is 13.1. The minimum absolute atomic E-state index is 0.0385. The minimum Gasteiger partial charge on any atom is -0.481 e. The van der Waals surface area contributed by atoms with Gasteiger partial charge in [-0.05, 0) is 44.4 Å². The first-order valence-electron chi connectivity index (χ1n) is 7.58. The number of nitrogens with zero attached hydrogens (tertiary/aromatic N) is 1. The SMILES string of the molecule is CC(CCc1cccc(F)c1)C(=O)N(CCC(=O)O)C(C)C. The van der Waals surface area contributed by atoms with Gasteiger partial charge in [0.2, 0.25) is 5.91 Å². The van der Waals surface area contributed by atoms with Gasteiger partial charge in [0, 0.05) is 18.5 Å². The molecule has 0 aliphatic rings. The molecule has 1 amide bonds. The van der Waals surface area contributed by atoms with Crippen LogP contribution in [-0.4, -0.2) is 34.5 Å². The predicted octanol–water partition coefficient (Wildman–Crippen LogP) is 3.11. The van der Waals surface area contributed by atoms with Gasteiger partial charge in [0.25, 0.3) is 0 Å². The van der Waals surface area contributed by atoms with E-state index in [1.165, 1.54) is 12.1 Å². The molecular formula is C17H24FNO3. The molecule has 0 saturated heterocycles. The van der Waals surface area contributed by atoms with E-state index in [-0.39, 0.29) is 36.6 Å². The van der Waals surface area contributed by atoms with Crippen LogP contribution in [-0.2, 0) is 16.0 Å². The summed E-state index contributed by atoms with van der Waals surface area (Å²) in [5, 5.41) is 8.77. The fraction of sp³-hybridized carbons (Fsp3) is 0.529. The van der Waals surface area contributed by atoms with Gasteiger partial charge in [-0.2, -0.15) is 0 Å². The molecule has 1 atom stereocenters. The summed E-state index contributed by atoms with van der Waals surface area (Å²) >= 11 is 0. The second-order valence-electron chi connectivity index (χ2n) is 5.84. The molecule has 122 valence electrons. The molecule has 1 N–H and O–H groups in total. The van der Waals surface area contributed by atoms with Crippen molar-refractivity contribution in [1.82, 2.24) is 4.90 Å². The van der Waals surface area contributed by atoms with Gasteiger partial charge in [-0.3, -0.25) is 9.59 Å². The minimum atomic E-state index is -0.911. The summed E-state index contributed by atoms with van der Waals surface area (Å²) in [5.41, 5.74) is 0.862. The average Bonchev–Trinajstić information content (AvgIpc) is 2.44. The maximum atomic E-state index is 13.1. The summed E-state index contributed by atoms with van der Waals surface area (Å²) in [6.45, 7) is 5.80. The van der Waals surface area contributed by atoms with E-state index in [0.717, 1.165) is 5.56 Å². The van der Waals surface area contributed by atoms with Crippen molar-refractivity contribution in [2.24, 2.45) is 5.92 Å². The normalized spacial score (nSPS) is 12.2. The van der Waals surface area contributed by atoms with E-state index in [1.54, 1.807) is 11.0 Å². The molecule has 0 bridgehead atoms. The molecule has 0 radical (unpaired) electrons. The first kappa shape index (κ1) is 18.1. The van der Waals surface area contributed by atoms with Crippen molar-refractivity contribution in [2.75, 3.05) is 6.54 Å². The Morgan fingerprint density at radius 1 is 1.27 bits per heavy atom. The number of aliphatic carboxylic acids is 1. The van der Waals surface area contributed by atoms with Gasteiger partial charge in [0.1, 0.15) is 5.82 Å². The van der Waals surface area contributed by atoms with Crippen LogP contribution in [0.3, 0.4) is 0 Å². The van der Waals surface area contributed by atoms with Gasteiger partial charge in [0.15, 0.2) is 0 Å². The molecule has 5 heteroatoms. The van der Waals surface area contributed by atoms with Crippen LogP contribution in [0.2, 0.25) is 0 Å². The van der Waals surface area contributed by atoms with Crippen LogP contribution in [0.4, 0.5) is 4.39 Å². The van der Waals surface area contributed by atoms with Gasteiger partial charge in [-0.15, -0.1) is 0 Å². The van der Waals surface area contributed by atoms with Crippen LogP contribution in [0.25, 0.3) is 0 Å². The Hall–Kier alpha value is -1.91. The Bertz CT molecular complexity index is 516. The highest BCUT2D eigenvalue weighted by Gasteiger charge is 2.23. The average molecular weight is 309 g/mol. The Kier molecular flexibility index (Phi) is 7.02. The molecule has 0 aliphatic carbocycles. The van der Waals surface area contributed by atoms with E-state index >= 15 is 0 Å². The van der Waals surface area contributed by atoms with Gasteiger partial charge < -0.3 is 10.0 Å². The van der Waals surface area contributed by atoms with Crippen molar-refractivity contribution >= 4 is 11.9 Å². The zero-order chi connectivity index (χ0) is 16.7. The summed E-state index contributed by atoms with van der Waals surface area (Å²) in [4.78, 5) is 24.7. The van der Waals surface area contributed by atoms with Crippen LogP contribution in [0.5, 0.6) is 0 Å². The highest BCUT2D eigenvalue weighted by atomic mass is 19.1. The van der Waals surface area contributed by atoms with Crippen molar-refractivity contribution in [3.63, 3.8) is 0 Å². The summed E-state index contributed by atoms with van der Waals surface area (Å²) in [6.07, 6.45) is 1.18. The van der Waals surface area contributed by atoms with E-state index in [4.69, 9.17) is 5.11 Å². The Morgan fingerprint density at radius 2 is 1.95 bits per heavy atom. The number of carbonyl (C=O) groups is 2. The molecule has 0 fully saturated rings. The second kappa shape index (κ2) is 8.51. The number of halogens is 1. The lowest BCUT2D eigenvalue weighted by Crippen LogP contribution is -2.41. The third-order valence-electron chi connectivity index (χ3n) is 3.65. The Morgan fingerprint density at radius 3 is 2.50 bits per heavy atom. The number of benzene rings is 1. The fourth-order valence-electron chi connectivity index (χ4n) is 2.32. The zero-order valence-corrected chi connectivity index (χ0v) is 13.4. The Labute approximate surface area is 130 Å². The number of carbonyl (C=O) groups excluding carboxylic acids is 1. The lowest BCUT2D eigenvalue weighted by molar-refractivity contribution is -0.140. The van der Waals surface area contributed by atoms with E-state index in [1.807, 2.05) is 26.8 Å². The summed E-state index contributed by atoms with van der Waals surface area (Å²) in [6, 6.07) is 6.32. The largest absolute Gasteiger partial charge is 0.481 e. The molecule has 1 aromatic rings. The molecular weight excluding hydrogens is 285 g/mol. The molecule has 0 heterocycles. The van der Waals surface area contributed by atoms with E-state index in [2.05, 4.69) is 0 Å². The Balaban J connectivity index is 2.59. The molecule has 0 saturated carbocycles. The second-order valence-corrected chi connectivity index (χ2v) is 5.84. The molecule has 0 aromatic heterocycles. The number of carboxylic acids is 1. The molecule has 22 heavy (non-hydrogen) atoms. The van der Waals surface area contributed by atoms with E-state index in [9.17, 15) is 14.0 Å². The third-order valence-corrected chi connectivity index (χ3v) is 3.65. The first-order chi connectivity index (χ1) is 10.3. The molecule has 1 rings (SSSR count). The van der Waals surface area contributed by atoms with Gasteiger partial charge >= 0.3 is 5.97 Å². The monoisotopic (exact) mass is 309 g/mol. The van der Waals surface area contributed by atoms with Crippen LogP contribution in [0.1, 0.15) is 39.2 Å². The number of rotatable bonds is 8. The van der Waals surface area contributed by atoms with Crippen molar-refractivity contribution in [3.8, 4) is 0 Å². The van der Waals surface area contributed by atoms with Crippen molar-refractivity contribution in [3.05, 3.63) is 35.6 Å².